The zero-order valence-corrected chi connectivity index (χ0v) is 20.5. The van der Waals surface area contributed by atoms with Crippen molar-refractivity contribution in [3.05, 3.63) is 131 Å². The van der Waals surface area contributed by atoms with Gasteiger partial charge in [-0.05, 0) is 35.2 Å². The van der Waals surface area contributed by atoms with Gasteiger partial charge in [-0.25, -0.2) is 0 Å². The summed E-state index contributed by atoms with van der Waals surface area (Å²) >= 11 is 3.65. The smallest absolute Gasteiger partial charge is 0.239 e. The first-order chi connectivity index (χ1) is 16.7. The Labute approximate surface area is 209 Å². The molecule has 4 aromatic rings. The van der Waals surface area contributed by atoms with E-state index in [1.807, 2.05) is 42.5 Å². The number of halogens is 1. The first-order valence-electron chi connectivity index (χ1n) is 11.6. The number of nitrogens with one attached hydrogen (secondary N) is 1. The van der Waals surface area contributed by atoms with Crippen LogP contribution < -0.4 is 10.2 Å². The second-order valence-corrected chi connectivity index (χ2v) is 9.48. The van der Waals surface area contributed by atoms with Gasteiger partial charge in [0.25, 0.3) is 0 Å². The van der Waals surface area contributed by atoms with Crippen molar-refractivity contribution in [2.24, 2.45) is 0 Å². The highest BCUT2D eigenvalue weighted by atomic mass is 79.9. The van der Waals surface area contributed by atoms with Gasteiger partial charge in [0, 0.05) is 35.4 Å². The van der Waals surface area contributed by atoms with Crippen LogP contribution in [0.25, 0.3) is 0 Å². The first-order valence-corrected chi connectivity index (χ1v) is 12.7. The highest BCUT2D eigenvalue weighted by Crippen LogP contribution is 2.50. The lowest BCUT2D eigenvalue weighted by Crippen LogP contribution is -2.37. The predicted octanol–water partition coefficient (Wildman–Crippen LogP) is 6.92. The van der Waals surface area contributed by atoms with Gasteiger partial charge in [-0.3, -0.25) is 4.79 Å². The number of alkyl halides is 1. The summed E-state index contributed by atoms with van der Waals surface area (Å²) in [4.78, 5) is 16.1. The second kappa shape index (κ2) is 9.86. The Morgan fingerprint density at radius 3 is 1.82 bits per heavy atom. The van der Waals surface area contributed by atoms with Gasteiger partial charge in [0.05, 0.1) is 0 Å². The summed E-state index contributed by atoms with van der Waals surface area (Å²) in [6, 6.07) is 37.5. The van der Waals surface area contributed by atoms with Gasteiger partial charge in [0.1, 0.15) is 5.41 Å². The highest BCUT2D eigenvalue weighted by Gasteiger charge is 2.49. The lowest BCUT2D eigenvalue weighted by Gasteiger charge is -2.34. The maximum Gasteiger partial charge on any atom is 0.239 e. The number of hydrogen-bond donors (Lipinski definition) is 1. The van der Waals surface area contributed by atoms with Crippen molar-refractivity contribution in [1.29, 1.82) is 0 Å². The van der Waals surface area contributed by atoms with Gasteiger partial charge in [-0.1, -0.05) is 113 Å². The fraction of sp³-hybridized carbons (Fsp3) is 0.167. The lowest BCUT2D eigenvalue weighted by atomic mass is 9.72. The second-order valence-electron chi connectivity index (χ2n) is 8.69. The van der Waals surface area contributed by atoms with E-state index in [2.05, 4.69) is 92.9 Å². The van der Waals surface area contributed by atoms with Gasteiger partial charge in [0.2, 0.25) is 5.91 Å². The largest absolute Gasteiger partial charge is 0.363 e. The molecule has 4 heteroatoms. The van der Waals surface area contributed by atoms with Crippen molar-refractivity contribution in [2.45, 2.75) is 24.9 Å². The van der Waals surface area contributed by atoms with Crippen LogP contribution in [0.1, 0.15) is 28.7 Å². The van der Waals surface area contributed by atoms with E-state index >= 15 is 0 Å². The minimum atomic E-state index is -0.748. The summed E-state index contributed by atoms with van der Waals surface area (Å²) in [5.74, 6) is 0.0416. The third-order valence-corrected chi connectivity index (χ3v) is 7.01. The molecule has 1 aliphatic heterocycles. The molecule has 0 aromatic heterocycles. The van der Waals surface area contributed by atoms with Crippen LogP contribution in [0, 0.1) is 0 Å². The predicted molar refractivity (Wildman–Crippen MR) is 143 cm³/mol. The number of nitrogens with zero attached hydrogens (tertiary/aromatic N) is 1. The molecule has 170 valence electrons. The fourth-order valence-electron chi connectivity index (χ4n) is 5.06. The molecule has 0 spiro atoms. The van der Waals surface area contributed by atoms with Crippen LogP contribution in [0.4, 0.5) is 11.4 Å². The zero-order chi connectivity index (χ0) is 23.4. The molecule has 4 aromatic carbocycles. The lowest BCUT2D eigenvalue weighted by molar-refractivity contribution is -0.119. The molecule has 0 saturated heterocycles. The van der Waals surface area contributed by atoms with E-state index in [0.717, 1.165) is 40.9 Å². The molecule has 3 nitrogen and oxygen atoms in total. The fourth-order valence-corrected chi connectivity index (χ4v) is 5.65. The van der Waals surface area contributed by atoms with E-state index in [9.17, 15) is 4.79 Å². The van der Waals surface area contributed by atoms with Crippen molar-refractivity contribution < 1.29 is 4.79 Å². The Hall–Kier alpha value is -3.37. The summed E-state index contributed by atoms with van der Waals surface area (Å²) in [5.41, 5.74) is 5.81. The van der Waals surface area contributed by atoms with Crippen molar-refractivity contribution in [1.82, 2.24) is 0 Å². The maximum absolute atomic E-state index is 13.7. The van der Waals surface area contributed by atoms with Crippen LogP contribution in [0.5, 0.6) is 0 Å². The summed E-state index contributed by atoms with van der Waals surface area (Å²) < 4.78 is 0. The quantitative estimate of drug-likeness (QED) is 0.261. The van der Waals surface area contributed by atoms with E-state index in [0.29, 0.717) is 6.42 Å². The molecule has 1 unspecified atom stereocenters. The van der Waals surface area contributed by atoms with Crippen molar-refractivity contribution in [3.63, 3.8) is 0 Å². The van der Waals surface area contributed by atoms with Crippen molar-refractivity contribution in [3.8, 4) is 0 Å². The van der Waals surface area contributed by atoms with E-state index in [1.54, 1.807) is 0 Å². The normalized spacial score (nSPS) is 16.7. The number of amides is 1. The minimum Gasteiger partial charge on any atom is -0.363 e. The van der Waals surface area contributed by atoms with E-state index < -0.39 is 5.41 Å². The molecule has 0 fully saturated rings. The third-order valence-electron chi connectivity index (χ3n) is 6.61. The number of carbonyl (C=O) groups is 1. The minimum absolute atomic E-state index is 0.0416. The molecule has 0 bridgehead atoms. The SMILES string of the molecule is O=C1Nc2cccc(N(Cc3ccccc3)Cc3ccccc3)c2C1(CCBr)c1ccccc1. The van der Waals surface area contributed by atoms with Crippen LogP contribution in [0.15, 0.2) is 109 Å². The zero-order valence-electron chi connectivity index (χ0n) is 19.0. The molecule has 5 rings (SSSR count). The monoisotopic (exact) mass is 510 g/mol. The molecule has 0 aliphatic carbocycles. The molecule has 1 heterocycles. The molecular formula is C30H27BrN2O. The molecule has 0 saturated carbocycles. The Kier molecular flexibility index (Phi) is 6.50. The molecule has 34 heavy (non-hydrogen) atoms. The summed E-state index contributed by atoms with van der Waals surface area (Å²) in [7, 11) is 0. The number of benzene rings is 4. The molecular weight excluding hydrogens is 484 g/mol. The molecule has 1 aliphatic rings. The number of fused-ring (bicyclic) bond motifs is 1. The molecule has 0 radical (unpaired) electrons. The Bertz CT molecular complexity index is 1220. The summed E-state index contributed by atoms with van der Waals surface area (Å²) in [6.45, 7) is 1.50. The van der Waals surface area contributed by atoms with Crippen molar-refractivity contribution in [2.75, 3.05) is 15.5 Å². The van der Waals surface area contributed by atoms with Crippen LogP contribution >= 0.6 is 15.9 Å². The van der Waals surface area contributed by atoms with Gasteiger partial charge in [-0.2, -0.15) is 0 Å². The van der Waals surface area contributed by atoms with Gasteiger partial charge < -0.3 is 10.2 Å². The first kappa shape index (κ1) is 22.4. The van der Waals surface area contributed by atoms with Crippen LogP contribution in [0.3, 0.4) is 0 Å². The molecule has 1 atom stereocenters. The molecule has 1 N–H and O–H groups in total. The number of rotatable bonds is 8. The van der Waals surface area contributed by atoms with Crippen LogP contribution in [-0.2, 0) is 23.3 Å². The summed E-state index contributed by atoms with van der Waals surface area (Å²) in [5, 5.41) is 3.93. The Balaban J connectivity index is 1.68. The standard InChI is InChI=1S/C30H27BrN2O/c31-20-19-30(25-15-8-3-9-16-25)28-26(32-29(30)34)17-10-18-27(28)33(21-23-11-4-1-5-12-23)22-24-13-6-2-7-14-24/h1-18H,19-22H2,(H,32,34). The number of anilines is 2. The number of carbonyl (C=O) groups excluding carboxylic acids is 1. The molecule has 1 amide bonds. The van der Waals surface area contributed by atoms with Crippen molar-refractivity contribution >= 4 is 33.2 Å². The Morgan fingerprint density at radius 1 is 0.706 bits per heavy atom. The van der Waals surface area contributed by atoms with Gasteiger partial charge in [0.15, 0.2) is 0 Å². The van der Waals surface area contributed by atoms with E-state index in [4.69, 9.17) is 0 Å². The van der Waals surface area contributed by atoms with Crippen LogP contribution in [-0.4, -0.2) is 11.2 Å². The van der Waals surface area contributed by atoms with E-state index in [1.165, 1.54) is 11.1 Å². The van der Waals surface area contributed by atoms with Gasteiger partial charge in [-0.15, -0.1) is 0 Å². The third kappa shape index (κ3) is 4.14. The van der Waals surface area contributed by atoms with Crippen LogP contribution in [0.2, 0.25) is 0 Å². The maximum atomic E-state index is 13.7. The topological polar surface area (TPSA) is 32.3 Å². The summed E-state index contributed by atoms with van der Waals surface area (Å²) in [6.07, 6.45) is 0.678. The Morgan fingerprint density at radius 2 is 1.26 bits per heavy atom. The van der Waals surface area contributed by atoms with Gasteiger partial charge >= 0.3 is 0 Å². The average Bonchev–Trinajstić information content (AvgIpc) is 3.17. The number of hydrogen-bond acceptors (Lipinski definition) is 2. The van der Waals surface area contributed by atoms with E-state index in [-0.39, 0.29) is 5.91 Å². The average molecular weight is 511 g/mol. The highest BCUT2D eigenvalue weighted by molar-refractivity contribution is 9.09.